The van der Waals surface area contributed by atoms with Crippen molar-refractivity contribution < 1.29 is 9.90 Å². The summed E-state index contributed by atoms with van der Waals surface area (Å²) in [6, 6.07) is 0.112. The maximum Gasteiger partial charge on any atom is 0.236 e. The lowest BCUT2D eigenvalue weighted by Crippen LogP contribution is -2.48. The van der Waals surface area contributed by atoms with E-state index in [2.05, 4.69) is 4.90 Å². The highest BCUT2D eigenvalue weighted by molar-refractivity contribution is 5.77. The molecule has 1 amide bonds. The van der Waals surface area contributed by atoms with Gasteiger partial charge in [0, 0.05) is 20.1 Å². The summed E-state index contributed by atoms with van der Waals surface area (Å²) in [6.07, 6.45) is 2.04. The molecule has 1 fully saturated rings. The van der Waals surface area contributed by atoms with Crippen LogP contribution < -0.4 is 0 Å². The molecule has 1 unspecified atom stereocenters. The molecule has 1 aliphatic heterocycles. The maximum absolute atomic E-state index is 11.6. The first-order chi connectivity index (χ1) is 6.82. The Balaban J connectivity index is 2.58. The summed E-state index contributed by atoms with van der Waals surface area (Å²) in [6.45, 7) is 4.96. The molecule has 15 heavy (non-hydrogen) atoms. The van der Waals surface area contributed by atoms with E-state index >= 15 is 0 Å². The van der Waals surface area contributed by atoms with Gasteiger partial charge in [0.25, 0.3) is 0 Å². The molecule has 0 spiro atoms. The highest BCUT2D eigenvalue weighted by Gasteiger charge is 2.36. The van der Waals surface area contributed by atoms with E-state index in [9.17, 15) is 9.90 Å². The smallest absolute Gasteiger partial charge is 0.236 e. The van der Waals surface area contributed by atoms with Gasteiger partial charge in [0.05, 0.1) is 12.1 Å². The van der Waals surface area contributed by atoms with Crippen LogP contribution in [0.5, 0.6) is 0 Å². The molecule has 0 saturated carbocycles. The minimum atomic E-state index is -0.719. The molecular weight excluding hydrogens is 192 g/mol. The average molecular weight is 214 g/mol. The molecule has 0 aromatic heterocycles. The fourth-order valence-electron chi connectivity index (χ4n) is 2.13. The summed E-state index contributed by atoms with van der Waals surface area (Å²) in [5.74, 6) is 0.103. The third-order valence-corrected chi connectivity index (χ3v) is 3.02. The number of nitrogens with zero attached hydrogens (tertiary/aromatic N) is 2. The highest BCUT2D eigenvalue weighted by atomic mass is 16.3. The second-order valence-electron chi connectivity index (χ2n) is 5.07. The summed E-state index contributed by atoms with van der Waals surface area (Å²) >= 11 is 0. The van der Waals surface area contributed by atoms with Crippen molar-refractivity contribution in [2.45, 2.75) is 38.3 Å². The molecule has 0 aromatic rings. The number of carbonyl (C=O) groups is 1. The Kier molecular flexibility index (Phi) is 3.73. The Labute approximate surface area is 91.9 Å². The quantitative estimate of drug-likeness (QED) is 0.735. The Bertz CT molecular complexity index is 233. The predicted molar refractivity (Wildman–Crippen MR) is 59.6 cm³/mol. The SMILES string of the molecule is CN(C)C(=O)CN1CCCC1C(C)(C)O. The number of hydrogen-bond donors (Lipinski definition) is 1. The van der Waals surface area contributed by atoms with Crippen LogP contribution in [0.2, 0.25) is 0 Å². The summed E-state index contributed by atoms with van der Waals surface area (Å²) in [5.41, 5.74) is -0.719. The minimum Gasteiger partial charge on any atom is -0.389 e. The van der Waals surface area contributed by atoms with Gasteiger partial charge in [0.1, 0.15) is 0 Å². The van der Waals surface area contributed by atoms with Crippen molar-refractivity contribution in [3.05, 3.63) is 0 Å². The van der Waals surface area contributed by atoms with E-state index in [0.29, 0.717) is 6.54 Å². The fraction of sp³-hybridized carbons (Fsp3) is 0.909. The van der Waals surface area contributed by atoms with E-state index in [-0.39, 0.29) is 11.9 Å². The van der Waals surface area contributed by atoms with E-state index in [4.69, 9.17) is 0 Å². The van der Waals surface area contributed by atoms with Gasteiger partial charge in [-0.2, -0.15) is 0 Å². The maximum atomic E-state index is 11.6. The van der Waals surface area contributed by atoms with E-state index < -0.39 is 5.60 Å². The van der Waals surface area contributed by atoms with Gasteiger partial charge >= 0.3 is 0 Å². The molecule has 0 radical (unpaired) electrons. The predicted octanol–water partition coefficient (Wildman–Crippen LogP) is 0.310. The molecule has 1 N–H and O–H groups in total. The van der Waals surface area contributed by atoms with Gasteiger partial charge in [0.2, 0.25) is 5.91 Å². The van der Waals surface area contributed by atoms with E-state index in [1.54, 1.807) is 19.0 Å². The number of likely N-dealkylation sites (N-methyl/N-ethyl adjacent to an activating group) is 1. The van der Waals surface area contributed by atoms with Gasteiger partial charge < -0.3 is 10.0 Å². The summed E-state index contributed by atoms with van der Waals surface area (Å²) in [4.78, 5) is 15.3. The van der Waals surface area contributed by atoms with Crippen molar-refractivity contribution in [2.24, 2.45) is 0 Å². The minimum absolute atomic E-state index is 0.103. The second kappa shape index (κ2) is 4.49. The Hall–Kier alpha value is -0.610. The van der Waals surface area contributed by atoms with Crippen molar-refractivity contribution in [1.29, 1.82) is 0 Å². The molecule has 88 valence electrons. The summed E-state index contributed by atoms with van der Waals surface area (Å²) in [7, 11) is 3.52. The first-order valence-corrected chi connectivity index (χ1v) is 5.49. The first-order valence-electron chi connectivity index (χ1n) is 5.49. The van der Waals surface area contributed by atoms with Crippen molar-refractivity contribution in [2.75, 3.05) is 27.2 Å². The van der Waals surface area contributed by atoms with Gasteiger partial charge in [-0.15, -0.1) is 0 Å². The van der Waals surface area contributed by atoms with Gasteiger partial charge in [-0.25, -0.2) is 0 Å². The van der Waals surface area contributed by atoms with Crippen LogP contribution in [0.1, 0.15) is 26.7 Å². The lowest BCUT2D eigenvalue weighted by Gasteiger charge is -2.33. The average Bonchev–Trinajstić information content (AvgIpc) is 2.50. The number of amides is 1. The molecule has 1 atom stereocenters. The topological polar surface area (TPSA) is 43.8 Å². The van der Waals surface area contributed by atoms with Crippen LogP contribution in [0.3, 0.4) is 0 Å². The molecular formula is C11H22N2O2. The highest BCUT2D eigenvalue weighted by Crippen LogP contribution is 2.26. The zero-order chi connectivity index (χ0) is 11.6. The van der Waals surface area contributed by atoms with Crippen molar-refractivity contribution >= 4 is 5.91 Å². The Morgan fingerprint density at radius 3 is 2.60 bits per heavy atom. The van der Waals surface area contributed by atoms with Crippen LogP contribution in [-0.2, 0) is 4.79 Å². The van der Waals surface area contributed by atoms with Crippen molar-refractivity contribution in [3.8, 4) is 0 Å². The summed E-state index contributed by atoms with van der Waals surface area (Å²) < 4.78 is 0. The van der Waals surface area contributed by atoms with Crippen LogP contribution in [0.25, 0.3) is 0 Å². The molecule has 0 aliphatic carbocycles. The zero-order valence-electron chi connectivity index (χ0n) is 10.2. The fourth-order valence-corrected chi connectivity index (χ4v) is 2.13. The third-order valence-electron chi connectivity index (χ3n) is 3.02. The normalized spacial score (nSPS) is 23.1. The lowest BCUT2D eigenvalue weighted by atomic mass is 9.97. The van der Waals surface area contributed by atoms with Crippen LogP contribution >= 0.6 is 0 Å². The lowest BCUT2D eigenvalue weighted by molar-refractivity contribution is -0.131. The van der Waals surface area contributed by atoms with Crippen molar-refractivity contribution in [3.63, 3.8) is 0 Å². The number of likely N-dealkylation sites (tertiary alicyclic amines) is 1. The largest absolute Gasteiger partial charge is 0.389 e. The molecule has 4 nitrogen and oxygen atoms in total. The molecule has 4 heteroatoms. The summed E-state index contributed by atoms with van der Waals surface area (Å²) in [5, 5.41) is 9.97. The first kappa shape index (κ1) is 12.5. The molecule has 1 rings (SSSR count). The standard InChI is InChI=1S/C11H22N2O2/c1-11(2,15)9-6-5-7-13(9)8-10(14)12(3)4/h9,15H,5-8H2,1-4H3. The molecule has 0 bridgehead atoms. The van der Waals surface area contributed by atoms with Crippen molar-refractivity contribution in [1.82, 2.24) is 9.80 Å². The Morgan fingerprint density at radius 1 is 1.53 bits per heavy atom. The zero-order valence-corrected chi connectivity index (χ0v) is 10.2. The van der Waals surface area contributed by atoms with E-state index in [1.165, 1.54) is 0 Å². The van der Waals surface area contributed by atoms with Crippen LogP contribution in [0.4, 0.5) is 0 Å². The molecule has 1 aliphatic rings. The van der Waals surface area contributed by atoms with E-state index in [1.807, 2.05) is 13.8 Å². The second-order valence-corrected chi connectivity index (χ2v) is 5.07. The monoisotopic (exact) mass is 214 g/mol. The number of hydrogen-bond acceptors (Lipinski definition) is 3. The van der Waals surface area contributed by atoms with Gasteiger partial charge in [-0.1, -0.05) is 0 Å². The van der Waals surface area contributed by atoms with Crippen LogP contribution in [0.15, 0.2) is 0 Å². The number of aliphatic hydroxyl groups is 1. The van der Waals surface area contributed by atoms with E-state index in [0.717, 1.165) is 19.4 Å². The number of carbonyl (C=O) groups excluding carboxylic acids is 1. The van der Waals surface area contributed by atoms with Crippen LogP contribution in [-0.4, -0.2) is 59.6 Å². The van der Waals surface area contributed by atoms with Gasteiger partial charge in [-0.05, 0) is 33.2 Å². The Morgan fingerprint density at radius 2 is 2.13 bits per heavy atom. The van der Waals surface area contributed by atoms with Gasteiger partial charge in [0.15, 0.2) is 0 Å². The molecule has 0 aromatic carbocycles. The van der Waals surface area contributed by atoms with Gasteiger partial charge in [-0.3, -0.25) is 9.69 Å². The molecule has 1 saturated heterocycles. The molecule has 1 heterocycles. The third kappa shape index (κ3) is 3.18. The van der Waals surface area contributed by atoms with Crippen LogP contribution in [0, 0.1) is 0 Å². The number of rotatable bonds is 3.